The van der Waals surface area contributed by atoms with E-state index in [4.69, 9.17) is 21.0 Å². The van der Waals surface area contributed by atoms with Crippen molar-refractivity contribution >= 4 is 16.6 Å². The Morgan fingerprint density at radius 1 is 1.20 bits per heavy atom. The number of benzene rings is 2. The van der Waals surface area contributed by atoms with Gasteiger partial charge in [0.25, 0.3) is 5.56 Å². The predicted octanol–water partition coefficient (Wildman–Crippen LogP) is 5.00. The van der Waals surface area contributed by atoms with Gasteiger partial charge in [0.1, 0.15) is 22.8 Å². The molecule has 1 fully saturated rings. The molecule has 2 aromatic heterocycles. The Morgan fingerprint density at radius 3 is 2.71 bits per heavy atom. The maximum atomic E-state index is 14.6. The Morgan fingerprint density at radius 2 is 2.06 bits per heavy atom. The molecule has 1 atom stereocenters. The molecule has 0 amide bonds. The van der Waals surface area contributed by atoms with E-state index in [1.165, 1.54) is 29.9 Å². The van der Waals surface area contributed by atoms with E-state index in [-0.39, 0.29) is 28.6 Å². The van der Waals surface area contributed by atoms with Crippen molar-refractivity contribution in [1.29, 1.82) is 0 Å². The summed E-state index contributed by atoms with van der Waals surface area (Å²) in [7, 11) is 1.38. The van der Waals surface area contributed by atoms with Gasteiger partial charge in [-0.3, -0.25) is 14.3 Å². The third-order valence-electron chi connectivity index (χ3n) is 5.96. The van der Waals surface area contributed by atoms with Crippen molar-refractivity contribution in [3.8, 4) is 22.9 Å². The molecule has 9 heteroatoms. The van der Waals surface area contributed by atoms with Gasteiger partial charge in [-0.25, -0.2) is 14.2 Å². The first-order valence-electron chi connectivity index (χ1n) is 11.1. The summed E-state index contributed by atoms with van der Waals surface area (Å²) in [5.41, 5.74) is 1.30. The number of halogens is 1. The van der Waals surface area contributed by atoms with Crippen LogP contribution in [0.3, 0.4) is 0 Å². The quantitative estimate of drug-likeness (QED) is 0.412. The number of nitrogens with one attached hydrogen (secondary N) is 1. The molecule has 0 aliphatic carbocycles. The molecule has 3 heterocycles. The number of methoxy groups -OCH3 is 1. The number of aryl methyl sites for hydroxylation is 1. The lowest BCUT2D eigenvalue weighted by atomic mass is 10.1. The van der Waals surface area contributed by atoms with E-state index in [2.05, 4.69) is 15.1 Å². The highest BCUT2D eigenvalue weighted by molar-refractivity contribution is 5.88. The second kappa shape index (κ2) is 9.16. The minimum absolute atomic E-state index is 0.0776. The van der Waals surface area contributed by atoms with Crippen LogP contribution in [-0.4, -0.2) is 28.2 Å². The van der Waals surface area contributed by atoms with E-state index in [1.807, 2.05) is 13.0 Å². The van der Waals surface area contributed by atoms with Gasteiger partial charge in [-0.2, -0.15) is 0 Å². The van der Waals surface area contributed by atoms with E-state index < -0.39 is 11.4 Å². The van der Waals surface area contributed by atoms with Crippen LogP contribution in [0.15, 0.2) is 53.5 Å². The maximum absolute atomic E-state index is 14.6. The SMILES string of the molecule is [C-]#[N+]c1cc(Oc2ccc(C)nc2)c2nc(C3CCCN3)n(-c3ccc(OC)c(F)c3)c(=O)c2c1. The van der Waals surface area contributed by atoms with E-state index in [9.17, 15) is 9.18 Å². The number of hydrogen-bond donors (Lipinski definition) is 1. The van der Waals surface area contributed by atoms with Crippen LogP contribution < -0.4 is 20.3 Å². The Kier molecular flexibility index (Phi) is 5.89. The lowest BCUT2D eigenvalue weighted by molar-refractivity contribution is 0.386. The Hall–Kier alpha value is -4.29. The van der Waals surface area contributed by atoms with Crippen LogP contribution >= 0.6 is 0 Å². The summed E-state index contributed by atoms with van der Waals surface area (Å²) in [4.78, 5) is 26.5. The first-order chi connectivity index (χ1) is 17.0. The van der Waals surface area contributed by atoms with Crippen molar-refractivity contribution in [3.05, 3.63) is 87.8 Å². The highest BCUT2D eigenvalue weighted by atomic mass is 19.1. The van der Waals surface area contributed by atoms with Crippen molar-refractivity contribution in [2.24, 2.45) is 0 Å². The highest BCUT2D eigenvalue weighted by Crippen LogP contribution is 2.34. The van der Waals surface area contributed by atoms with Gasteiger partial charge in [0.05, 0.1) is 37.0 Å². The van der Waals surface area contributed by atoms with Crippen LogP contribution in [0.25, 0.3) is 21.4 Å². The van der Waals surface area contributed by atoms with Gasteiger partial charge in [-0.1, -0.05) is 0 Å². The van der Waals surface area contributed by atoms with Crippen molar-refractivity contribution in [2.75, 3.05) is 13.7 Å². The van der Waals surface area contributed by atoms with Crippen LogP contribution in [0.1, 0.15) is 30.4 Å². The average molecular weight is 471 g/mol. The molecule has 35 heavy (non-hydrogen) atoms. The lowest BCUT2D eigenvalue weighted by Gasteiger charge is -2.20. The highest BCUT2D eigenvalue weighted by Gasteiger charge is 2.26. The second-order valence-corrected chi connectivity index (χ2v) is 8.27. The van der Waals surface area contributed by atoms with Gasteiger partial charge in [0.2, 0.25) is 0 Å². The molecular weight excluding hydrogens is 449 g/mol. The number of nitrogens with zero attached hydrogens (tertiary/aromatic N) is 4. The largest absolute Gasteiger partial charge is 0.494 e. The fraction of sp³-hybridized carbons (Fsp3) is 0.231. The molecule has 8 nitrogen and oxygen atoms in total. The Bertz CT molecular complexity index is 1520. The fourth-order valence-electron chi connectivity index (χ4n) is 4.23. The number of pyridine rings is 1. The summed E-state index contributed by atoms with van der Waals surface area (Å²) in [6.07, 6.45) is 3.27. The summed E-state index contributed by atoms with van der Waals surface area (Å²) in [5.74, 6) is 0.681. The molecule has 0 spiro atoms. The molecular formula is C26H22FN5O3. The maximum Gasteiger partial charge on any atom is 0.264 e. The van der Waals surface area contributed by atoms with E-state index in [0.717, 1.165) is 25.1 Å². The number of ether oxygens (including phenoxy) is 2. The summed E-state index contributed by atoms with van der Waals surface area (Å²) < 4.78 is 27.1. The molecule has 1 saturated heterocycles. The van der Waals surface area contributed by atoms with Crippen LogP contribution in [0.2, 0.25) is 0 Å². The monoisotopic (exact) mass is 471 g/mol. The molecule has 0 bridgehead atoms. The summed E-state index contributed by atoms with van der Waals surface area (Å²) in [5, 5.41) is 3.57. The first-order valence-corrected chi connectivity index (χ1v) is 11.1. The molecule has 1 aliphatic rings. The van der Waals surface area contributed by atoms with Crippen LogP contribution in [0, 0.1) is 19.3 Å². The fourth-order valence-corrected chi connectivity index (χ4v) is 4.23. The third-order valence-corrected chi connectivity index (χ3v) is 5.96. The van der Waals surface area contributed by atoms with Crippen molar-refractivity contribution < 1.29 is 13.9 Å². The van der Waals surface area contributed by atoms with E-state index >= 15 is 0 Å². The normalized spacial score (nSPS) is 15.2. The second-order valence-electron chi connectivity index (χ2n) is 8.27. The lowest BCUT2D eigenvalue weighted by Crippen LogP contribution is -2.29. The van der Waals surface area contributed by atoms with Crippen molar-refractivity contribution in [1.82, 2.24) is 19.9 Å². The minimum Gasteiger partial charge on any atom is -0.494 e. The van der Waals surface area contributed by atoms with Crippen LogP contribution in [0.5, 0.6) is 17.2 Å². The van der Waals surface area contributed by atoms with Crippen LogP contribution in [-0.2, 0) is 0 Å². The average Bonchev–Trinajstić information content (AvgIpc) is 3.40. The van der Waals surface area contributed by atoms with Crippen molar-refractivity contribution in [3.63, 3.8) is 0 Å². The van der Waals surface area contributed by atoms with Gasteiger partial charge < -0.3 is 14.8 Å². The van der Waals surface area contributed by atoms with Gasteiger partial charge in [-0.05, 0) is 62.7 Å². The molecule has 1 aliphatic heterocycles. The topological polar surface area (TPSA) is 82.6 Å². The Balaban J connectivity index is 1.77. The van der Waals surface area contributed by atoms with E-state index in [1.54, 1.807) is 24.4 Å². The molecule has 5 rings (SSSR count). The van der Waals surface area contributed by atoms with E-state index in [0.29, 0.717) is 22.8 Å². The summed E-state index contributed by atoms with van der Waals surface area (Å²) in [6.45, 7) is 10.2. The van der Waals surface area contributed by atoms with Gasteiger partial charge >= 0.3 is 0 Å². The number of rotatable bonds is 5. The molecule has 4 aromatic rings. The Labute approximate surface area is 200 Å². The minimum atomic E-state index is -0.590. The standard InChI is InChI=1S/C26H22FN5O3/c1-15-6-8-18(14-30-15)35-23-12-16(28-2)11-19-24(23)31-25(21-5-4-10-29-21)32(26(19)33)17-7-9-22(34-3)20(27)13-17/h6-9,11-14,21,29H,4-5,10H2,1,3H3. The van der Waals surface area contributed by atoms with Crippen LogP contribution in [0.4, 0.5) is 10.1 Å². The summed E-state index contributed by atoms with van der Waals surface area (Å²) in [6, 6.07) is 10.8. The smallest absolute Gasteiger partial charge is 0.264 e. The van der Waals surface area contributed by atoms with Gasteiger partial charge in [-0.15, -0.1) is 0 Å². The summed E-state index contributed by atoms with van der Waals surface area (Å²) >= 11 is 0. The van der Waals surface area contributed by atoms with Crippen molar-refractivity contribution in [2.45, 2.75) is 25.8 Å². The molecule has 176 valence electrons. The number of fused-ring (bicyclic) bond motifs is 1. The van der Waals surface area contributed by atoms with Gasteiger partial charge in [0, 0.05) is 11.8 Å². The first kappa shape index (κ1) is 22.5. The molecule has 0 radical (unpaired) electrons. The zero-order valence-corrected chi connectivity index (χ0v) is 19.2. The molecule has 2 aromatic carbocycles. The zero-order valence-electron chi connectivity index (χ0n) is 19.2. The molecule has 1 N–H and O–H groups in total. The predicted molar refractivity (Wildman–Crippen MR) is 129 cm³/mol. The molecule has 1 unspecified atom stereocenters. The zero-order chi connectivity index (χ0) is 24.5. The number of hydrogen-bond acceptors (Lipinski definition) is 6. The van der Waals surface area contributed by atoms with Gasteiger partial charge in [0.15, 0.2) is 17.3 Å². The molecule has 0 saturated carbocycles. The third kappa shape index (κ3) is 4.20. The number of aromatic nitrogens is 3.